The summed E-state index contributed by atoms with van der Waals surface area (Å²) in [7, 11) is 0. The molecule has 88 valence electrons. The molecule has 0 spiro atoms. The van der Waals surface area contributed by atoms with E-state index in [0.717, 1.165) is 25.2 Å². The molecule has 1 N–H and O–H groups in total. The summed E-state index contributed by atoms with van der Waals surface area (Å²) in [4.78, 5) is 8.38. The average molecular weight is 221 g/mol. The van der Waals surface area contributed by atoms with Crippen molar-refractivity contribution >= 4 is 0 Å². The van der Waals surface area contributed by atoms with Crippen LogP contribution in [0, 0.1) is 0 Å². The maximum atomic E-state index is 5.83. The minimum absolute atomic E-state index is 0.253. The molecule has 0 saturated carbocycles. The van der Waals surface area contributed by atoms with Gasteiger partial charge < -0.3 is 10.1 Å². The number of piperidine rings is 1. The first kappa shape index (κ1) is 11.3. The lowest BCUT2D eigenvalue weighted by molar-refractivity contribution is 0.160. The van der Waals surface area contributed by atoms with E-state index in [-0.39, 0.29) is 6.10 Å². The second-order valence-electron chi connectivity index (χ2n) is 4.52. The molecule has 1 saturated heterocycles. The molecule has 1 aromatic rings. The molecule has 4 heteroatoms. The molecule has 0 amide bonds. The molecule has 2 heterocycles. The van der Waals surface area contributed by atoms with Crippen molar-refractivity contribution in [2.45, 2.75) is 38.7 Å². The zero-order chi connectivity index (χ0) is 11.4. The van der Waals surface area contributed by atoms with Crippen LogP contribution in [0.15, 0.2) is 12.4 Å². The van der Waals surface area contributed by atoms with Gasteiger partial charge in [0.15, 0.2) is 0 Å². The Kier molecular flexibility index (Phi) is 3.72. The first-order valence-corrected chi connectivity index (χ1v) is 5.95. The van der Waals surface area contributed by atoms with Crippen molar-refractivity contribution in [3.05, 3.63) is 18.1 Å². The summed E-state index contributed by atoms with van der Waals surface area (Å²) >= 11 is 0. The molecule has 2 rings (SSSR count). The van der Waals surface area contributed by atoms with Crippen molar-refractivity contribution in [3.63, 3.8) is 0 Å². The number of rotatable bonds is 3. The van der Waals surface area contributed by atoms with E-state index in [0.29, 0.717) is 11.8 Å². The van der Waals surface area contributed by atoms with E-state index in [2.05, 4.69) is 29.1 Å². The van der Waals surface area contributed by atoms with Gasteiger partial charge >= 0.3 is 0 Å². The highest BCUT2D eigenvalue weighted by Gasteiger charge is 2.15. The molecule has 1 aromatic heterocycles. The minimum atomic E-state index is 0.253. The van der Waals surface area contributed by atoms with E-state index in [4.69, 9.17) is 4.74 Å². The van der Waals surface area contributed by atoms with Gasteiger partial charge in [-0.1, -0.05) is 13.8 Å². The molecule has 1 unspecified atom stereocenters. The molecule has 1 fully saturated rings. The van der Waals surface area contributed by atoms with Crippen molar-refractivity contribution in [2.75, 3.05) is 13.1 Å². The van der Waals surface area contributed by atoms with Gasteiger partial charge in [-0.3, -0.25) is 0 Å². The molecule has 1 aliphatic heterocycles. The van der Waals surface area contributed by atoms with Crippen LogP contribution in [0.3, 0.4) is 0 Å². The maximum Gasteiger partial charge on any atom is 0.216 e. The van der Waals surface area contributed by atoms with E-state index in [1.807, 2.05) is 6.07 Å². The lowest BCUT2D eigenvalue weighted by atomic mass is 10.1. The Balaban J connectivity index is 2.00. The number of hydrogen-bond donors (Lipinski definition) is 1. The maximum absolute atomic E-state index is 5.83. The lowest BCUT2D eigenvalue weighted by Gasteiger charge is -2.23. The monoisotopic (exact) mass is 221 g/mol. The Morgan fingerprint density at radius 1 is 1.44 bits per heavy atom. The molecule has 4 nitrogen and oxygen atoms in total. The molecule has 1 aliphatic rings. The summed E-state index contributed by atoms with van der Waals surface area (Å²) < 4.78 is 5.83. The normalized spacial score (nSPS) is 21.1. The highest BCUT2D eigenvalue weighted by molar-refractivity contribution is 5.16. The Bertz CT molecular complexity index is 335. The third-order valence-electron chi connectivity index (χ3n) is 2.79. The van der Waals surface area contributed by atoms with Gasteiger partial charge in [0.05, 0.1) is 5.69 Å². The lowest BCUT2D eigenvalue weighted by Crippen LogP contribution is -2.37. The van der Waals surface area contributed by atoms with Gasteiger partial charge in [0, 0.05) is 12.6 Å². The molecule has 1 atom stereocenters. The summed E-state index contributed by atoms with van der Waals surface area (Å²) in [5.41, 5.74) is 1.04. The van der Waals surface area contributed by atoms with Gasteiger partial charge in [0.25, 0.3) is 0 Å². The highest BCUT2D eigenvalue weighted by Crippen LogP contribution is 2.17. The van der Waals surface area contributed by atoms with Crippen LogP contribution < -0.4 is 10.1 Å². The second kappa shape index (κ2) is 5.25. The molecule has 0 radical (unpaired) electrons. The third kappa shape index (κ3) is 2.92. The van der Waals surface area contributed by atoms with Crippen molar-refractivity contribution < 1.29 is 4.74 Å². The molecular formula is C12H19N3O. The molecule has 16 heavy (non-hydrogen) atoms. The van der Waals surface area contributed by atoms with Crippen LogP contribution in [0.5, 0.6) is 5.88 Å². The van der Waals surface area contributed by atoms with E-state index in [1.165, 1.54) is 6.42 Å². The van der Waals surface area contributed by atoms with Crippen LogP contribution in [0.2, 0.25) is 0 Å². The fourth-order valence-corrected chi connectivity index (χ4v) is 1.82. The van der Waals surface area contributed by atoms with Crippen LogP contribution in [0.4, 0.5) is 0 Å². The number of nitrogens with zero attached hydrogens (tertiary/aromatic N) is 2. The van der Waals surface area contributed by atoms with Gasteiger partial charge in [0.1, 0.15) is 12.4 Å². The first-order valence-electron chi connectivity index (χ1n) is 5.95. The van der Waals surface area contributed by atoms with Crippen molar-refractivity contribution in [2.24, 2.45) is 0 Å². The zero-order valence-electron chi connectivity index (χ0n) is 9.94. The quantitative estimate of drug-likeness (QED) is 0.844. The number of ether oxygens (including phenoxy) is 1. The van der Waals surface area contributed by atoms with Crippen LogP contribution >= 0.6 is 0 Å². The van der Waals surface area contributed by atoms with Crippen LogP contribution in [0.25, 0.3) is 0 Å². The predicted molar refractivity (Wildman–Crippen MR) is 62.6 cm³/mol. The Morgan fingerprint density at radius 2 is 2.31 bits per heavy atom. The van der Waals surface area contributed by atoms with Crippen LogP contribution in [0.1, 0.15) is 38.3 Å². The fourth-order valence-electron chi connectivity index (χ4n) is 1.82. The highest BCUT2D eigenvalue weighted by atomic mass is 16.5. The van der Waals surface area contributed by atoms with Crippen molar-refractivity contribution in [1.29, 1.82) is 0 Å². The molecule has 0 bridgehead atoms. The topological polar surface area (TPSA) is 47.0 Å². The largest absolute Gasteiger partial charge is 0.473 e. The van der Waals surface area contributed by atoms with Gasteiger partial charge in [0.2, 0.25) is 5.88 Å². The van der Waals surface area contributed by atoms with Gasteiger partial charge in [-0.15, -0.1) is 0 Å². The predicted octanol–water partition coefficient (Wildman–Crippen LogP) is 1.73. The third-order valence-corrected chi connectivity index (χ3v) is 2.79. The number of aromatic nitrogens is 2. The van der Waals surface area contributed by atoms with Crippen molar-refractivity contribution in [3.8, 4) is 5.88 Å². The molecular weight excluding hydrogens is 202 g/mol. The zero-order valence-corrected chi connectivity index (χ0v) is 9.94. The van der Waals surface area contributed by atoms with E-state index in [9.17, 15) is 0 Å². The van der Waals surface area contributed by atoms with E-state index in [1.54, 1.807) is 6.33 Å². The Morgan fingerprint density at radius 3 is 3.00 bits per heavy atom. The molecule has 0 aliphatic carbocycles. The average Bonchev–Trinajstić information content (AvgIpc) is 2.30. The summed E-state index contributed by atoms with van der Waals surface area (Å²) in [6.07, 6.45) is 4.12. The standard InChI is InChI=1S/C12H19N3O/c1-9(2)11-6-12(15-8-14-11)16-10-4-3-5-13-7-10/h6,8-10,13H,3-5,7H2,1-2H3. The van der Waals surface area contributed by atoms with Gasteiger partial charge in [-0.25, -0.2) is 9.97 Å². The second-order valence-corrected chi connectivity index (χ2v) is 4.52. The Hall–Kier alpha value is -1.16. The summed E-state index contributed by atoms with van der Waals surface area (Å²) in [6.45, 7) is 6.25. The number of hydrogen-bond acceptors (Lipinski definition) is 4. The Labute approximate surface area is 96.4 Å². The van der Waals surface area contributed by atoms with Crippen LogP contribution in [-0.4, -0.2) is 29.2 Å². The van der Waals surface area contributed by atoms with E-state index >= 15 is 0 Å². The number of nitrogens with one attached hydrogen (secondary N) is 1. The van der Waals surface area contributed by atoms with Gasteiger partial charge in [-0.2, -0.15) is 0 Å². The van der Waals surface area contributed by atoms with Crippen LogP contribution in [-0.2, 0) is 0 Å². The smallest absolute Gasteiger partial charge is 0.216 e. The first-order chi connectivity index (χ1) is 7.75. The fraction of sp³-hybridized carbons (Fsp3) is 0.667. The summed E-state index contributed by atoms with van der Waals surface area (Å²) in [5, 5.41) is 3.32. The SMILES string of the molecule is CC(C)c1cc(OC2CCCNC2)ncn1. The van der Waals surface area contributed by atoms with E-state index < -0.39 is 0 Å². The van der Waals surface area contributed by atoms with Gasteiger partial charge in [-0.05, 0) is 25.3 Å². The van der Waals surface area contributed by atoms with Crippen molar-refractivity contribution in [1.82, 2.24) is 15.3 Å². The minimum Gasteiger partial charge on any atom is -0.473 e. The summed E-state index contributed by atoms with van der Waals surface area (Å²) in [6, 6.07) is 1.94. The molecule has 0 aromatic carbocycles. The summed E-state index contributed by atoms with van der Waals surface area (Å²) in [5.74, 6) is 1.11.